The van der Waals surface area contributed by atoms with Crippen molar-refractivity contribution < 1.29 is 4.79 Å². The minimum absolute atomic E-state index is 0.137. The van der Waals surface area contributed by atoms with Gasteiger partial charge in [0.25, 0.3) is 0 Å². The lowest BCUT2D eigenvalue weighted by Gasteiger charge is -2.36. The van der Waals surface area contributed by atoms with Crippen LogP contribution in [0.15, 0.2) is 0 Å². The van der Waals surface area contributed by atoms with E-state index in [1.54, 1.807) is 0 Å². The van der Waals surface area contributed by atoms with Crippen LogP contribution in [0.1, 0.15) is 20.3 Å². The Kier molecular flexibility index (Phi) is 3.26. The minimum atomic E-state index is -0.137. The summed E-state index contributed by atoms with van der Waals surface area (Å²) in [5, 5.41) is 3.89. The van der Waals surface area contributed by atoms with Crippen molar-refractivity contribution in [2.24, 2.45) is 5.41 Å². The van der Waals surface area contributed by atoms with E-state index < -0.39 is 0 Å². The van der Waals surface area contributed by atoms with Crippen molar-refractivity contribution in [1.29, 1.82) is 0 Å². The molecule has 15 heavy (non-hydrogen) atoms. The Balaban J connectivity index is 2.00. The molecule has 1 N–H and O–H groups in total. The molecular formula is C11H20N2OS. The first-order valence-electron chi connectivity index (χ1n) is 5.73. The van der Waals surface area contributed by atoms with E-state index in [1.165, 1.54) is 0 Å². The van der Waals surface area contributed by atoms with E-state index in [9.17, 15) is 4.79 Å². The van der Waals surface area contributed by atoms with Gasteiger partial charge in [-0.15, -0.1) is 0 Å². The number of hydrogen-bond acceptors (Lipinski definition) is 3. The number of nitrogens with zero attached hydrogens (tertiary/aromatic N) is 1. The first-order chi connectivity index (χ1) is 7.12. The van der Waals surface area contributed by atoms with Gasteiger partial charge in [0.1, 0.15) is 0 Å². The van der Waals surface area contributed by atoms with Crippen molar-refractivity contribution in [3.05, 3.63) is 0 Å². The average Bonchev–Trinajstić information content (AvgIpc) is 2.65. The fourth-order valence-electron chi connectivity index (χ4n) is 2.38. The lowest BCUT2D eigenvalue weighted by atomic mass is 9.88. The van der Waals surface area contributed by atoms with Gasteiger partial charge in [0.15, 0.2) is 0 Å². The molecule has 1 amide bonds. The molecule has 0 aromatic carbocycles. The number of carbonyl (C=O) groups is 1. The summed E-state index contributed by atoms with van der Waals surface area (Å²) in [5.74, 6) is 1.45. The predicted molar refractivity (Wildman–Crippen MR) is 64.1 cm³/mol. The minimum Gasteiger partial charge on any atom is -0.340 e. The van der Waals surface area contributed by atoms with Crippen molar-refractivity contribution in [2.75, 3.05) is 31.9 Å². The number of thioether (sulfide) groups is 1. The van der Waals surface area contributed by atoms with Crippen LogP contribution >= 0.6 is 11.8 Å². The lowest BCUT2D eigenvalue weighted by molar-refractivity contribution is -0.140. The highest BCUT2D eigenvalue weighted by atomic mass is 32.2. The SMILES string of the molecule is CC1CN(C(=O)C2(C)CCNC2)CCS1. The molecule has 4 heteroatoms. The number of carbonyl (C=O) groups excluding carboxylic acids is 1. The zero-order chi connectivity index (χ0) is 10.9. The second-order valence-corrected chi connectivity index (χ2v) is 6.47. The van der Waals surface area contributed by atoms with E-state index in [-0.39, 0.29) is 5.41 Å². The Morgan fingerprint density at radius 2 is 2.40 bits per heavy atom. The van der Waals surface area contributed by atoms with Crippen LogP contribution in [0.25, 0.3) is 0 Å². The molecule has 2 unspecified atom stereocenters. The Morgan fingerprint density at radius 3 is 3.00 bits per heavy atom. The maximum absolute atomic E-state index is 12.3. The normalized spacial score (nSPS) is 36.9. The van der Waals surface area contributed by atoms with E-state index in [4.69, 9.17) is 0 Å². The molecule has 0 bridgehead atoms. The molecule has 3 nitrogen and oxygen atoms in total. The number of rotatable bonds is 1. The molecule has 2 aliphatic rings. The highest BCUT2D eigenvalue weighted by Gasteiger charge is 2.39. The molecule has 0 spiro atoms. The van der Waals surface area contributed by atoms with E-state index >= 15 is 0 Å². The monoisotopic (exact) mass is 228 g/mol. The zero-order valence-corrected chi connectivity index (χ0v) is 10.4. The van der Waals surface area contributed by atoms with Crippen LogP contribution in [0.5, 0.6) is 0 Å². The smallest absolute Gasteiger partial charge is 0.229 e. The van der Waals surface area contributed by atoms with Gasteiger partial charge in [0.2, 0.25) is 5.91 Å². The highest BCUT2D eigenvalue weighted by molar-refractivity contribution is 7.99. The van der Waals surface area contributed by atoms with Gasteiger partial charge in [-0.25, -0.2) is 0 Å². The van der Waals surface area contributed by atoms with Gasteiger partial charge in [-0.05, 0) is 19.9 Å². The molecule has 2 saturated heterocycles. The van der Waals surface area contributed by atoms with Crippen LogP contribution in [0.3, 0.4) is 0 Å². The predicted octanol–water partition coefficient (Wildman–Crippen LogP) is 0.950. The maximum Gasteiger partial charge on any atom is 0.229 e. The third-order valence-electron chi connectivity index (χ3n) is 3.41. The van der Waals surface area contributed by atoms with Gasteiger partial charge in [-0.1, -0.05) is 6.92 Å². The summed E-state index contributed by atoms with van der Waals surface area (Å²) in [6.45, 7) is 8.01. The zero-order valence-electron chi connectivity index (χ0n) is 9.58. The second-order valence-electron chi connectivity index (χ2n) is 4.92. The van der Waals surface area contributed by atoms with E-state index in [1.807, 2.05) is 11.8 Å². The van der Waals surface area contributed by atoms with Crippen LogP contribution in [0.2, 0.25) is 0 Å². The Bertz CT molecular complexity index is 251. The number of hydrogen-bond donors (Lipinski definition) is 1. The van der Waals surface area contributed by atoms with Crippen molar-refractivity contribution in [2.45, 2.75) is 25.5 Å². The quantitative estimate of drug-likeness (QED) is 0.725. The highest BCUT2D eigenvalue weighted by Crippen LogP contribution is 2.29. The third-order valence-corrected chi connectivity index (χ3v) is 4.55. The largest absolute Gasteiger partial charge is 0.340 e. The number of nitrogens with one attached hydrogen (secondary N) is 1. The number of amides is 1. The molecule has 2 rings (SSSR count). The van der Waals surface area contributed by atoms with E-state index in [0.717, 1.165) is 38.4 Å². The summed E-state index contributed by atoms with van der Waals surface area (Å²) in [6, 6.07) is 0. The van der Waals surface area contributed by atoms with Gasteiger partial charge in [-0.3, -0.25) is 4.79 Å². The first-order valence-corrected chi connectivity index (χ1v) is 6.78. The standard InChI is InChI=1S/C11H20N2OS/c1-9-7-13(5-6-15-9)10(14)11(2)3-4-12-8-11/h9,12H,3-8H2,1-2H3. The van der Waals surface area contributed by atoms with Gasteiger partial charge in [0.05, 0.1) is 5.41 Å². The summed E-state index contributed by atoms with van der Waals surface area (Å²) in [5.41, 5.74) is -0.137. The lowest BCUT2D eigenvalue weighted by Crippen LogP contribution is -2.48. The third kappa shape index (κ3) is 2.31. The van der Waals surface area contributed by atoms with Gasteiger partial charge < -0.3 is 10.2 Å². The summed E-state index contributed by atoms with van der Waals surface area (Å²) >= 11 is 1.97. The summed E-state index contributed by atoms with van der Waals surface area (Å²) in [7, 11) is 0. The molecule has 2 heterocycles. The van der Waals surface area contributed by atoms with Gasteiger partial charge >= 0.3 is 0 Å². The summed E-state index contributed by atoms with van der Waals surface area (Å²) in [6.07, 6.45) is 0.990. The second kappa shape index (κ2) is 4.34. The summed E-state index contributed by atoms with van der Waals surface area (Å²) in [4.78, 5) is 14.4. The van der Waals surface area contributed by atoms with Crippen LogP contribution in [-0.4, -0.2) is 48.0 Å². The van der Waals surface area contributed by atoms with Gasteiger partial charge in [-0.2, -0.15) is 11.8 Å². The maximum atomic E-state index is 12.3. The van der Waals surface area contributed by atoms with Crippen molar-refractivity contribution >= 4 is 17.7 Å². The van der Waals surface area contributed by atoms with Crippen LogP contribution < -0.4 is 5.32 Å². The average molecular weight is 228 g/mol. The molecule has 0 aliphatic carbocycles. The summed E-state index contributed by atoms with van der Waals surface area (Å²) < 4.78 is 0. The Hall–Kier alpha value is -0.220. The van der Waals surface area contributed by atoms with E-state index in [2.05, 4.69) is 24.1 Å². The van der Waals surface area contributed by atoms with Crippen LogP contribution in [0.4, 0.5) is 0 Å². The fourth-order valence-corrected chi connectivity index (χ4v) is 3.40. The molecule has 2 atom stereocenters. The van der Waals surface area contributed by atoms with Crippen LogP contribution in [0, 0.1) is 5.41 Å². The van der Waals surface area contributed by atoms with Crippen molar-refractivity contribution in [1.82, 2.24) is 10.2 Å². The Morgan fingerprint density at radius 1 is 1.60 bits per heavy atom. The first kappa shape index (κ1) is 11.3. The van der Waals surface area contributed by atoms with Crippen molar-refractivity contribution in [3.8, 4) is 0 Å². The molecule has 2 fully saturated rings. The Labute approximate surface area is 96.0 Å². The molecule has 86 valence electrons. The topological polar surface area (TPSA) is 32.3 Å². The molecular weight excluding hydrogens is 208 g/mol. The van der Waals surface area contributed by atoms with E-state index in [0.29, 0.717) is 11.2 Å². The molecule has 2 aliphatic heterocycles. The molecule has 0 aromatic heterocycles. The molecule has 0 radical (unpaired) electrons. The fraction of sp³-hybridized carbons (Fsp3) is 0.909. The van der Waals surface area contributed by atoms with Gasteiger partial charge in [0, 0.05) is 30.6 Å². The van der Waals surface area contributed by atoms with Crippen LogP contribution in [-0.2, 0) is 4.79 Å². The van der Waals surface area contributed by atoms with Crippen molar-refractivity contribution in [3.63, 3.8) is 0 Å². The molecule has 0 saturated carbocycles. The molecule has 0 aromatic rings.